The monoisotopic (exact) mass is 1270 g/mol. The number of fused-ring (bicyclic) bond motifs is 16. The van der Waals surface area contributed by atoms with Crippen LogP contribution in [-0.4, -0.2) is 22.6 Å². The number of rotatable bonds is 6. The third kappa shape index (κ3) is 9.10. The van der Waals surface area contributed by atoms with Crippen LogP contribution in [0.1, 0.15) is 180 Å². The topological polar surface area (TPSA) is 28.3 Å². The molecule has 0 radical (unpaired) electrons. The van der Waals surface area contributed by atoms with Gasteiger partial charge in [0.1, 0.15) is 23.0 Å². The van der Waals surface area contributed by atoms with Crippen molar-refractivity contribution in [2.24, 2.45) is 0 Å². The van der Waals surface area contributed by atoms with Crippen molar-refractivity contribution in [3.8, 4) is 78.9 Å². The first-order chi connectivity index (χ1) is 47.1. The minimum atomic E-state index is -0.197. The highest BCUT2D eigenvalue weighted by Crippen LogP contribution is 2.51. The van der Waals surface area contributed by atoms with Crippen molar-refractivity contribution >= 4 is 89.8 Å². The van der Waals surface area contributed by atoms with Crippen LogP contribution in [0, 0.1) is 0 Å². The lowest BCUT2D eigenvalue weighted by atomic mass is 9.31. The van der Waals surface area contributed by atoms with Crippen LogP contribution >= 0.6 is 0 Å². The maximum Gasteiger partial charge on any atom is 0.256 e. The van der Waals surface area contributed by atoms with Crippen molar-refractivity contribution in [3.05, 3.63) is 228 Å². The number of hydrogen-bond acceptors (Lipinski definition) is 2. The van der Waals surface area contributed by atoms with E-state index < -0.39 is 0 Å². The molecule has 2 saturated carbocycles. The molecule has 4 aliphatic heterocycles. The van der Waals surface area contributed by atoms with Crippen molar-refractivity contribution in [2.75, 3.05) is 0 Å². The minimum Gasteiger partial charge on any atom is -0.456 e. The molecule has 2 aromatic heterocycles. The number of nitrogens with zero attached hydrogens (tertiary/aromatic N) is 2. The summed E-state index contributed by atoms with van der Waals surface area (Å²) in [6.07, 6.45) is 9.92. The smallest absolute Gasteiger partial charge is 0.256 e. The lowest BCUT2D eigenvalue weighted by Gasteiger charge is -2.41. The van der Waals surface area contributed by atoms with Crippen LogP contribution in [0.25, 0.3) is 99.5 Å². The second-order valence-electron chi connectivity index (χ2n) is 34.2. The van der Waals surface area contributed by atoms with Gasteiger partial charge in [-0.3, -0.25) is 0 Å². The molecule has 6 heterocycles. The summed E-state index contributed by atoms with van der Waals surface area (Å²) in [6, 6.07) is 77.0. The van der Waals surface area contributed by atoms with Gasteiger partial charge in [-0.25, -0.2) is 0 Å². The third-order valence-corrected chi connectivity index (χ3v) is 24.0. The van der Waals surface area contributed by atoms with Crippen molar-refractivity contribution in [3.63, 3.8) is 0 Å². The first kappa shape index (κ1) is 60.0. The zero-order valence-corrected chi connectivity index (χ0v) is 59.2. The fourth-order valence-electron chi connectivity index (χ4n) is 18.5. The molecule has 4 nitrogen and oxygen atoms in total. The molecule has 0 atom stereocenters. The summed E-state index contributed by atoms with van der Waals surface area (Å²) >= 11 is 0. The van der Waals surface area contributed by atoms with Crippen LogP contribution in [-0.2, 0) is 21.7 Å². The van der Waals surface area contributed by atoms with Crippen molar-refractivity contribution in [2.45, 2.75) is 168 Å². The highest BCUT2D eigenvalue weighted by molar-refractivity contribution is 7.02. The average Bonchev–Trinajstić information content (AvgIpc) is 1.41. The van der Waals surface area contributed by atoms with E-state index >= 15 is 0 Å². The van der Waals surface area contributed by atoms with E-state index in [4.69, 9.17) is 9.47 Å². The van der Waals surface area contributed by atoms with Gasteiger partial charge in [0.25, 0.3) is 13.4 Å². The quantitative estimate of drug-likeness (QED) is 0.155. The number of benzene rings is 11. The highest BCUT2D eigenvalue weighted by atomic mass is 16.5. The first-order valence-electron chi connectivity index (χ1n) is 36.6. The van der Waals surface area contributed by atoms with Crippen molar-refractivity contribution < 1.29 is 9.47 Å². The summed E-state index contributed by atoms with van der Waals surface area (Å²) in [5.74, 6) is 4.76. The van der Waals surface area contributed by atoms with Crippen LogP contribution in [0.2, 0.25) is 0 Å². The Kier molecular flexibility index (Phi) is 12.9. The largest absolute Gasteiger partial charge is 0.456 e. The van der Waals surface area contributed by atoms with E-state index in [9.17, 15) is 0 Å². The van der Waals surface area contributed by atoms with Gasteiger partial charge in [0.2, 0.25) is 0 Å². The molecule has 2 aliphatic carbocycles. The molecule has 0 bridgehead atoms. The van der Waals surface area contributed by atoms with Gasteiger partial charge in [0.05, 0.1) is 22.4 Å². The normalized spacial score (nSPS) is 15.7. The fourth-order valence-corrected chi connectivity index (χ4v) is 18.5. The van der Waals surface area contributed by atoms with Crippen molar-refractivity contribution in [1.82, 2.24) is 9.13 Å². The average molecular weight is 1270 g/mol. The molecule has 13 aromatic rings. The number of ether oxygens (including phenoxy) is 2. The fraction of sp³-hybridized carbons (Fsp3) is 0.283. The van der Waals surface area contributed by atoms with Gasteiger partial charge in [0.15, 0.2) is 0 Å². The predicted molar refractivity (Wildman–Crippen MR) is 416 cm³/mol. The molecule has 2 fully saturated rings. The lowest BCUT2D eigenvalue weighted by molar-refractivity contribution is 0.472. The van der Waals surface area contributed by atoms with Crippen LogP contribution in [0.3, 0.4) is 0 Å². The Balaban J connectivity index is 0.954. The zero-order chi connectivity index (χ0) is 66.8. The van der Waals surface area contributed by atoms with E-state index in [1.807, 2.05) is 0 Å². The van der Waals surface area contributed by atoms with Gasteiger partial charge in [-0.15, -0.1) is 0 Å². The Morgan fingerprint density at radius 2 is 0.612 bits per heavy atom. The lowest BCUT2D eigenvalue weighted by Crippen LogP contribution is -2.63. The summed E-state index contributed by atoms with van der Waals surface area (Å²) in [6.45, 7) is 27.3. The van der Waals surface area contributed by atoms with Gasteiger partial charge < -0.3 is 18.6 Å². The molecule has 0 spiro atoms. The third-order valence-electron chi connectivity index (χ3n) is 24.0. The molecule has 19 rings (SSSR count). The van der Waals surface area contributed by atoms with Gasteiger partial charge in [-0.1, -0.05) is 254 Å². The highest BCUT2D eigenvalue weighted by Gasteiger charge is 2.51. The van der Waals surface area contributed by atoms with E-state index in [0.717, 1.165) is 45.4 Å². The van der Waals surface area contributed by atoms with Crippen LogP contribution < -0.4 is 42.3 Å². The maximum absolute atomic E-state index is 8.11. The summed E-state index contributed by atoms with van der Waals surface area (Å²) in [7, 11) is 0. The molecular weight excluding hydrogens is 1190 g/mol. The summed E-state index contributed by atoms with van der Waals surface area (Å²) < 4.78 is 21.5. The Bertz CT molecular complexity index is 5180. The molecule has 98 heavy (non-hydrogen) atoms. The van der Waals surface area contributed by atoms with E-state index in [0.29, 0.717) is 11.8 Å². The molecule has 0 unspecified atom stereocenters. The van der Waals surface area contributed by atoms with Crippen LogP contribution in [0.4, 0.5) is 0 Å². The molecule has 0 amide bonds. The molecule has 0 saturated heterocycles. The standard InChI is InChI=1S/C92H86B2N2O2/c1-89(2,3)65-33-21-55(22-34-65)59-29-41-77-69(45-59)71-47-63(57-25-37-67(38-26-57)91(7,8)9)51-75-83(71)95(77)85-81-88(98-79-43-31-61(49-73(79)93(75)81)53-17-13-14-18-53)86-82-87(85)97-80-44-32-62(54-19-15-16-20-54)50-74(80)94(82)76-52-64(58-27-39-68(40-28-58)92(10,11)12)48-72-70-46-60(30-42-78(70)96(86)84(72)76)56-23-35-66(36-24-56)90(4,5)6/h21-54H,13-20H2,1-12H3. The Labute approximate surface area is 579 Å². The number of hydrogen-bond donors (Lipinski definition) is 0. The van der Waals surface area contributed by atoms with Crippen LogP contribution in [0.5, 0.6) is 23.0 Å². The van der Waals surface area contributed by atoms with Gasteiger partial charge >= 0.3 is 0 Å². The summed E-state index contributed by atoms with van der Waals surface area (Å²) in [5.41, 5.74) is 32.5. The van der Waals surface area contributed by atoms with E-state index in [1.165, 1.54) is 195 Å². The summed E-state index contributed by atoms with van der Waals surface area (Å²) in [5, 5.41) is 4.96. The van der Waals surface area contributed by atoms with E-state index in [2.05, 4.69) is 286 Å². The number of aromatic nitrogens is 2. The van der Waals surface area contributed by atoms with E-state index in [1.54, 1.807) is 0 Å². The Morgan fingerprint density at radius 3 is 0.939 bits per heavy atom. The maximum atomic E-state index is 8.11. The minimum absolute atomic E-state index is 0.0179. The SMILES string of the molecule is CC(C)(C)c1ccc(-c2ccc3c(c2)c2cc(-c4ccc(C(C)(C)C)cc4)cc4c2n3-c2c3c5c(c6c2B4c2cc(C4CCCC4)ccc2O6)-n2c4ccc(-c6ccc(C(C)(C)C)cc6)cc4c4cc(-c6ccc(C(C)(C)C)cc6)cc(c42)B5c2cc(C4CCCC4)ccc2O3)cc1. The molecule has 0 N–H and O–H groups in total. The molecule has 482 valence electrons. The van der Waals surface area contributed by atoms with Gasteiger partial charge in [-0.05, 0) is 207 Å². The second kappa shape index (κ2) is 21.1. The summed E-state index contributed by atoms with van der Waals surface area (Å²) in [4.78, 5) is 0. The van der Waals surface area contributed by atoms with Gasteiger partial charge in [0, 0.05) is 43.5 Å². The molecule has 6 heteroatoms. The van der Waals surface area contributed by atoms with Gasteiger partial charge in [-0.2, -0.15) is 0 Å². The first-order valence-corrected chi connectivity index (χ1v) is 36.6. The van der Waals surface area contributed by atoms with Crippen molar-refractivity contribution in [1.29, 1.82) is 0 Å². The van der Waals surface area contributed by atoms with E-state index in [-0.39, 0.29) is 35.1 Å². The Morgan fingerprint density at radius 1 is 0.306 bits per heavy atom. The molecular formula is C92H86B2N2O2. The predicted octanol–water partition coefficient (Wildman–Crippen LogP) is 20.9. The second-order valence-corrected chi connectivity index (χ2v) is 34.2. The van der Waals surface area contributed by atoms with Crippen LogP contribution in [0.15, 0.2) is 194 Å². The Hall–Kier alpha value is -9.25. The molecule has 11 aromatic carbocycles. The zero-order valence-electron chi connectivity index (χ0n) is 59.2. The molecule has 6 aliphatic rings.